The van der Waals surface area contributed by atoms with Crippen molar-refractivity contribution in [3.05, 3.63) is 75.7 Å². The lowest BCUT2D eigenvalue weighted by molar-refractivity contribution is -0.135. The fourth-order valence-corrected chi connectivity index (χ4v) is 4.22. The second-order valence-electron chi connectivity index (χ2n) is 8.39. The van der Waals surface area contributed by atoms with Gasteiger partial charge >= 0.3 is 5.97 Å². The summed E-state index contributed by atoms with van der Waals surface area (Å²) in [7, 11) is 0. The third-order valence-electron chi connectivity index (χ3n) is 6.09. The van der Waals surface area contributed by atoms with Crippen molar-refractivity contribution in [3.63, 3.8) is 0 Å². The second-order valence-corrected chi connectivity index (χ2v) is 8.39. The van der Waals surface area contributed by atoms with Gasteiger partial charge in [-0.3, -0.25) is 9.59 Å². The predicted molar refractivity (Wildman–Crippen MR) is 126 cm³/mol. The van der Waals surface area contributed by atoms with Crippen LogP contribution in [-0.4, -0.2) is 39.7 Å². The molecule has 0 radical (unpaired) electrons. The van der Waals surface area contributed by atoms with Crippen molar-refractivity contribution in [3.8, 4) is 0 Å². The highest BCUT2D eigenvalue weighted by atomic mass is 16.5. The molecule has 4 rings (SSSR count). The highest BCUT2D eigenvalue weighted by Gasteiger charge is 2.23. The van der Waals surface area contributed by atoms with Crippen molar-refractivity contribution in [2.45, 2.75) is 52.1 Å². The van der Waals surface area contributed by atoms with Gasteiger partial charge in [-0.05, 0) is 30.0 Å². The summed E-state index contributed by atoms with van der Waals surface area (Å²) in [6, 6.07) is 14.9. The molecule has 1 aliphatic rings. The molecule has 2 heterocycles. The number of unbranched alkanes of at least 4 members (excludes halogenated alkanes) is 3. The van der Waals surface area contributed by atoms with E-state index in [-0.39, 0.29) is 23.8 Å². The summed E-state index contributed by atoms with van der Waals surface area (Å²) in [5, 5.41) is 5.19. The maximum atomic E-state index is 12.9. The van der Waals surface area contributed by atoms with Gasteiger partial charge in [-0.2, -0.15) is 5.10 Å². The third kappa shape index (κ3) is 5.13. The maximum Gasteiger partial charge on any atom is 0.359 e. The van der Waals surface area contributed by atoms with Crippen LogP contribution < -0.4 is 5.56 Å². The Labute approximate surface area is 193 Å². The first-order valence-corrected chi connectivity index (χ1v) is 11.6. The topological polar surface area (TPSA) is 81.5 Å². The van der Waals surface area contributed by atoms with Crippen LogP contribution in [0, 0.1) is 0 Å². The molecule has 0 spiro atoms. The SMILES string of the molecule is CCCCCCn1nc(C(=O)OCC(=O)N2CCc3ccccc3C2)c2ccccc2c1=O. The van der Waals surface area contributed by atoms with E-state index >= 15 is 0 Å². The van der Waals surface area contributed by atoms with E-state index < -0.39 is 5.97 Å². The van der Waals surface area contributed by atoms with Gasteiger partial charge in [-0.15, -0.1) is 0 Å². The van der Waals surface area contributed by atoms with Gasteiger partial charge in [-0.25, -0.2) is 9.48 Å². The van der Waals surface area contributed by atoms with E-state index in [1.807, 2.05) is 18.2 Å². The van der Waals surface area contributed by atoms with Crippen molar-refractivity contribution in [2.24, 2.45) is 0 Å². The lowest BCUT2D eigenvalue weighted by atomic mass is 10.00. The Balaban J connectivity index is 1.47. The van der Waals surface area contributed by atoms with E-state index in [1.165, 1.54) is 10.2 Å². The molecule has 2 aromatic carbocycles. The number of carbonyl (C=O) groups excluding carboxylic acids is 2. The van der Waals surface area contributed by atoms with E-state index in [0.29, 0.717) is 30.4 Å². The van der Waals surface area contributed by atoms with Crippen molar-refractivity contribution < 1.29 is 14.3 Å². The molecular weight excluding hydrogens is 418 g/mol. The number of aryl methyl sites for hydroxylation is 1. The standard InChI is InChI=1S/C26H29N3O4/c1-2-3-4-9-15-29-25(31)22-13-8-7-12-21(22)24(27-29)26(32)33-18-23(30)28-16-14-19-10-5-6-11-20(19)17-28/h5-8,10-13H,2-4,9,14-18H2,1H3. The van der Waals surface area contributed by atoms with Gasteiger partial charge in [0.15, 0.2) is 12.3 Å². The Morgan fingerprint density at radius 1 is 0.970 bits per heavy atom. The van der Waals surface area contributed by atoms with E-state index in [9.17, 15) is 14.4 Å². The van der Waals surface area contributed by atoms with Crippen LogP contribution in [0.5, 0.6) is 0 Å². The van der Waals surface area contributed by atoms with Crippen LogP contribution in [0.2, 0.25) is 0 Å². The highest BCUT2D eigenvalue weighted by Crippen LogP contribution is 2.19. The van der Waals surface area contributed by atoms with Crippen LogP contribution in [-0.2, 0) is 29.0 Å². The molecule has 0 saturated heterocycles. The van der Waals surface area contributed by atoms with Gasteiger partial charge in [0.05, 0.1) is 5.39 Å². The predicted octanol–water partition coefficient (Wildman–Crippen LogP) is 3.72. The van der Waals surface area contributed by atoms with Crippen LogP contribution in [0.3, 0.4) is 0 Å². The number of amides is 1. The van der Waals surface area contributed by atoms with Crippen LogP contribution in [0.15, 0.2) is 53.3 Å². The normalized spacial score (nSPS) is 13.1. The first kappa shape index (κ1) is 22.7. The summed E-state index contributed by atoms with van der Waals surface area (Å²) in [5.74, 6) is -0.936. The fraction of sp³-hybridized carbons (Fsp3) is 0.385. The highest BCUT2D eigenvalue weighted by molar-refractivity contribution is 6.02. The average molecular weight is 448 g/mol. The molecule has 0 atom stereocenters. The molecule has 1 amide bonds. The summed E-state index contributed by atoms with van der Waals surface area (Å²) in [6.45, 7) is 3.31. The number of ether oxygens (including phenoxy) is 1. The number of benzene rings is 2. The number of aromatic nitrogens is 2. The van der Waals surface area contributed by atoms with E-state index in [4.69, 9.17) is 4.74 Å². The van der Waals surface area contributed by atoms with Crippen molar-refractivity contribution in [1.29, 1.82) is 0 Å². The largest absolute Gasteiger partial charge is 0.451 e. The number of rotatable bonds is 8. The zero-order valence-electron chi connectivity index (χ0n) is 19.0. The van der Waals surface area contributed by atoms with Crippen LogP contribution in [0.25, 0.3) is 10.8 Å². The summed E-state index contributed by atoms with van der Waals surface area (Å²) in [6.07, 6.45) is 4.76. The minimum Gasteiger partial charge on any atom is -0.451 e. The summed E-state index contributed by atoms with van der Waals surface area (Å²) >= 11 is 0. The smallest absolute Gasteiger partial charge is 0.359 e. The molecule has 0 unspecified atom stereocenters. The second kappa shape index (κ2) is 10.4. The Bertz CT molecular complexity index is 1220. The average Bonchev–Trinajstić information content (AvgIpc) is 2.86. The first-order valence-electron chi connectivity index (χ1n) is 11.6. The number of esters is 1. The van der Waals surface area contributed by atoms with Gasteiger partial charge < -0.3 is 9.64 Å². The number of nitrogens with zero attached hydrogens (tertiary/aromatic N) is 3. The third-order valence-corrected chi connectivity index (χ3v) is 6.09. The van der Waals surface area contributed by atoms with Crippen molar-refractivity contribution in [2.75, 3.05) is 13.2 Å². The Kier molecular flexibility index (Phi) is 7.17. The molecule has 0 fully saturated rings. The molecule has 0 bridgehead atoms. The van der Waals surface area contributed by atoms with Crippen molar-refractivity contribution >= 4 is 22.6 Å². The first-order chi connectivity index (χ1) is 16.1. The van der Waals surface area contributed by atoms with Crippen LogP contribution in [0.1, 0.15) is 54.2 Å². The number of carbonyl (C=O) groups is 2. The Morgan fingerprint density at radius 3 is 2.48 bits per heavy atom. The number of hydrogen-bond donors (Lipinski definition) is 0. The van der Waals surface area contributed by atoms with Gasteiger partial charge in [-0.1, -0.05) is 68.7 Å². The molecule has 0 aliphatic carbocycles. The van der Waals surface area contributed by atoms with Crippen LogP contribution in [0.4, 0.5) is 0 Å². The van der Waals surface area contributed by atoms with Crippen LogP contribution >= 0.6 is 0 Å². The summed E-state index contributed by atoms with van der Waals surface area (Å²) in [4.78, 5) is 40.1. The zero-order chi connectivity index (χ0) is 23.2. The molecule has 1 aliphatic heterocycles. The summed E-state index contributed by atoms with van der Waals surface area (Å²) in [5.41, 5.74) is 2.21. The maximum absolute atomic E-state index is 12.9. The van der Waals surface area contributed by atoms with Gasteiger partial charge in [0.25, 0.3) is 11.5 Å². The molecule has 0 N–H and O–H groups in total. The number of fused-ring (bicyclic) bond motifs is 2. The minimum atomic E-state index is -0.695. The number of hydrogen-bond acceptors (Lipinski definition) is 5. The Morgan fingerprint density at radius 2 is 1.70 bits per heavy atom. The monoisotopic (exact) mass is 447 g/mol. The van der Waals surface area contributed by atoms with Gasteiger partial charge in [0.2, 0.25) is 0 Å². The molecule has 3 aromatic rings. The molecule has 172 valence electrons. The molecule has 0 saturated carbocycles. The Hall–Kier alpha value is -3.48. The van der Waals surface area contributed by atoms with E-state index in [2.05, 4.69) is 18.1 Å². The molecule has 7 heteroatoms. The van der Waals surface area contributed by atoms with Gasteiger partial charge in [0, 0.05) is 25.0 Å². The molecule has 7 nitrogen and oxygen atoms in total. The van der Waals surface area contributed by atoms with E-state index in [1.54, 1.807) is 29.2 Å². The lowest BCUT2D eigenvalue weighted by Gasteiger charge is -2.28. The molecule has 33 heavy (non-hydrogen) atoms. The molecular formula is C26H29N3O4. The summed E-state index contributed by atoms with van der Waals surface area (Å²) < 4.78 is 6.71. The molecule has 1 aromatic heterocycles. The lowest BCUT2D eigenvalue weighted by Crippen LogP contribution is -2.38. The minimum absolute atomic E-state index is 0.0671. The zero-order valence-corrected chi connectivity index (χ0v) is 19.0. The van der Waals surface area contributed by atoms with E-state index in [0.717, 1.165) is 37.7 Å². The van der Waals surface area contributed by atoms with Crippen molar-refractivity contribution in [1.82, 2.24) is 14.7 Å². The fourth-order valence-electron chi connectivity index (χ4n) is 4.22. The van der Waals surface area contributed by atoms with Gasteiger partial charge in [0.1, 0.15) is 0 Å². The quantitative estimate of drug-likeness (QED) is 0.388.